The van der Waals surface area contributed by atoms with Crippen LogP contribution in [0, 0.1) is 13.8 Å². The van der Waals surface area contributed by atoms with Gasteiger partial charge in [0.05, 0.1) is 10.6 Å². The van der Waals surface area contributed by atoms with Gasteiger partial charge in [-0.05, 0) is 31.5 Å². The number of aromatic nitrogens is 2. The van der Waals surface area contributed by atoms with Crippen LogP contribution in [0.25, 0.3) is 0 Å². The molecule has 0 atom stereocenters. The van der Waals surface area contributed by atoms with Gasteiger partial charge in [-0.1, -0.05) is 12.1 Å². The Labute approximate surface area is 148 Å². The molecule has 9 heteroatoms. The molecule has 0 unspecified atom stereocenters. The van der Waals surface area contributed by atoms with Crippen LogP contribution in [0.4, 0.5) is 0 Å². The molecule has 2 rings (SSSR count). The summed E-state index contributed by atoms with van der Waals surface area (Å²) in [4.78, 5) is 4.27. The lowest BCUT2D eigenvalue weighted by molar-refractivity contribution is 0.597. The summed E-state index contributed by atoms with van der Waals surface area (Å²) in [6.07, 6.45) is 0. The van der Waals surface area contributed by atoms with Crippen LogP contribution in [0.5, 0.6) is 0 Å². The van der Waals surface area contributed by atoms with Crippen molar-refractivity contribution >= 4 is 16.0 Å². The maximum absolute atomic E-state index is 11.4. The number of primary sulfonamides is 1. The number of hydrogen-bond donors (Lipinski definition) is 3. The van der Waals surface area contributed by atoms with Crippen molar-refractivity contribution in [2.45, 2.75) is 31.8 Å². The quantitative estimate of drug-likeness (QED) is 0.529. The number of aliphatic imine (C=N–C) groups is 1. The summed E-state index contributed by atoms with van der Waals surface area (Å²) < 4.78 is 24.7. The summed E-state index contributed by atoms with van der Waals surface area (Å²) in [6.45, 7) is 5.02. The molecule has 0 spiro atoms. The van der Waals surface area contributed by atoms with E-state index in [9.17, 15) is 8.42 Å². The fourth-order valence-electron chi connectivity index (χ4n) is 2.48. The van der Waals surface area contributed by atoms with E-state index < -0.39 is 10.0 Å². The Bertz CT molecular complexity index is 886. The lowest BCUT2D eigenvalue weighted by Gasteiger charge is -2.12. The zero-order valence-corrected chi connectivity index (χ0v) is 15.7. The largest absolute Gasteiger partial charge is 0.352 e. The van der Waals surface area contributed by atoms with Gasteiger partial charge in [-0.15, -0.1) is 0 Å². The van der Waals surface area contributed by atoms with Gasteiger partial charge in [0.2, 0.25) is 10.0 Å². The highest BCUT2D eigenvalue weighted by atomic mass is 32.2. The van der Waals surface area contributed by atoms with Gasteiger partial charge in [-0.2, -0.15) is 5.10 Å². The minimum absolute atomic E-state index is 0.0938. The maximum Gasteiger partial charge on any atom is 0.238 e. The number of guanidine groups is 1. The molecule has 0 saturated carbocycles. The third-order valence-electron chi connectivity index (χ3n) is 4.00. The predicted octanol–water partition coefficient (Wildman–Crippen LogP) is 0.550. The molecule has 1 aromatic heterocycles. The fourth-order valence-corrected chi connectivity index (χ4v) is 3.07. The highest BCUT2D eigenvalue weighted by molar-refractivity contribution is 7.89. The van der Waals surface area contributed by atoms with E-state index in [1.54, 1.807) is 19.2 Å². The molecule has 0 aliphatic heterocycles. The zero-order valence-electron chi connectivity index (χ0n) is 14.9. The van der Waals surface area contributed by atoms with Crippen molar-refractivity contribution in [2.75, 3.05) is 7.05 Å². The molecule has 2 aromatic rings. The van der Waals surface area contributed by atoms with Crippen LogP contribution in [0.3, 0.4) is 0 Å². The van der Waals surface area contributed by atoms with Gasteiger partial charge >= 0.3 is 0 Å². The van der Waals surface area contributed by atoms with Crippen molar-refractivity contribution in [3.05, 3.63) is 46.8 Å². The van der Waals surface area contributed by atoms with Crippen LogP contribution in [0.2, 0.25) is 0 Å². The molecule has 0 aliphatic carbocycles. The highest BCUT2D eigenvalue weighted by Crippen LogP contribution is 2.11. The van der Waals surface area contributed by atoms with Crippen molar-refractivity contribution in [2.24, 2.45) is 17.2 Å². The van der Waals surface area contributed by atoms with Gasteiger partial charge in [-0.25, -0.2) is 13.6 Å². The number of aryl methyl sites for hydroxylation is 2. The van der Waals surface area contributed by atoms with Gasteiger partial charge in [0.15, 0.2) is 5.96 Å². The lowest BCUT2D eigenvalue weighted by Crippen LogP contribution is -2.36. The number of sulfonamides is 1. The smallest absolute Gasteiger partial charge is 0.238 e. The SMILES string of the molecule is CN=C(NCc1cccc(S(N)(=O)=O)c1)NCc1c(C)nn(C)c1C. The van der Waals surface area contributed by atoms with E-state index in [4.69, 9.17) is 5.14 Å². The molecule has 0 amide bonds. The van der Waals surface area contributed by atoms with E-state index in [1.165, 1.54) is 6.07 Å². The van der Waals surface area contributed by atoms with Gasteiger partial charge < -0.3 is 10.6 Å². The Morgan fingerprint density at radius 2 is 1.96 bits per heavy atom. The standard InChI is InChI=1S/C16H24N6O2S/c1-11-15(12(2)22(4)21-11)10-20-16(18-3)19-9-13-6-5-7-14(8-13)25(17,23)24/h5-8H,9-10H2,1-4H3,(H2,17,23,24)(H2,18,19,20). The molecule has 25 heavy (non-hydrogen) atoms. The van der Waals surface area contributed by atoms with Crippen molar-refractivity contribution in [3.63, 3.8) is 0 Å². The van der Waals surface area contributed by atoms with Crippen molar-refractivity contribution in [3.8, 4) is 0 Å². The average molecular weight is 364 g/mol. The van der Waals surface area contributed by atoms with Gasteiger partial charge in [-0.3, -0.25) is 9.67 Å². The van der Waals surface area contributed by atoms with E-state index in [2.05, 4.69) is 20.7 Å². The first kappa shape index (κ1) is 18.9. The van der Waals surface area contributed by atoms with Crippen LogP contribution < -0.4 is 15.8 Å². The molecule has 4 N–H and O–H groups in total. The van der Waals surface area contributed by atoms with Crippen LogP contribution in [0.1, 0.15) is 22.5 Å². The Morgan fingerprint density at radius 1 is 1.28 bits per heavy atom. The second-order valence-corrected chi connectivity index (χ2v) is 7.31. The van der Waals surface area contributed by atoms with Gasteiger partial charge in [0, 0.05) is 38.4 Å². The normalized spacial score (nSPS) is 12.3. The molecule has 8 nitrogen and oxygen atoms in total. The summed E-state index contributed by atoms with van der Waals surface area (Å²) in [7, 11) is -0.112. The minimum Gasteiger partial charge on any atom is -0.352 e. The summed E-state index contributed by atoms with van der Waals surface area (Å²) in [5.41, 5.74) is 4.00. The van der Waals surface area contributed by atoms with Gasteiger partial charge in [0.25, 0.3) is 0 Å². The first-order valence-corrected chi connectivity index (χ1v) is 9.32. The zero-order chi connectivity index (χ0) is 18.6. The highest BCUT2D eigenvalue weighted by Gasteiger charge is 2.10. The van der Waals surface area contributed by atoms with Gasteiger partial charge in [0.1, 0.15) is 0 Å². The number of rotatable bonds is 5. The van der Waals surface area contributed by atoms with Crippen LogP contribution in [-0.2, 0) is 30.2 Å². The second kappa shape index (κ2) is 7.66. The predicted molar refractivity (Wildman–Crippen MR) is 97.5 cm³/mol. The molecular weight excluding hydrogens is 340 g/mol. The fraction of sp³-hybridized carbons (Fsp3) is 0.375. The first-order valence-electron chi connectivity index (χ1n) is 7.77. The number of nitrogens with zero attached hydrogens (tertiary/aromatic N) is 3. The monoisotopic (exact) mass is 364 g/mol. The lowest BCUT2D eigenvalue weighted by atomic mass is 10.2. The molecule has 0 saturated heterocycles. The number of benzene rings is 1. The van der Waals surface area contributed by atoms with Crippen LogP contribution >= 0.6 is 0 Å². The van der Waals surface area contributed by atoms with Crippen molar-refractivity contribution in [1.82, 2.24) is 20.4 Å². The van der Waals surface area contributed by atoms with E-state index >= 15 is 0 Å². The minimum atomic E-state index is -3.71. The van der Waals surface area contributed by atoms with E-state index in [0.29, 0.717) is 19.0 Å². The van der Waals surface area contributed by atoms with Crippen molar-refractivity contribution in [1.29, 1.82) is 0 Å². The third-order valence-corrected chi connectivity index (χ3v) is 4.91. The van der Waals surface area contributed by atoms with Crippen LogP contribution in [-0.4, -0.2) is 31.2 Å². The van der Waals surface area contributed by atoms with E-state index in [1.807, 2.05) is 31.6 Å². The number of hydrogen-bond acceptors (Lipinski definition) is 4. The molecule has 1 heterocycles. The van der Waals surface area contributed by atoms with E-state index in [-0.39, 0.29) is 4.90 Å². The summed E-state index contributed by atoms with van der Waals surface area (Å²) in [6, 6.07) is 6.50. The average Bonchev–Trinajstić information content (AvgIpc) is 2.80. The first-order chi connectivity index (χ1) is 11.7. The van der Waals surface area contributed by atoms with Crippen LogP contribution in [0.15, 0.2) is 34.2 Å². The summed E-state index contributed by atoms with van der Waals surface area (Å²) >= 11 is 0. The Balaban J connectivity index is 1.99. The maximum atomic E-state index is 11.4. The summed E-state index contributed by atoms with van der Waals surface area (Å²) in [5.74, 6) is 0.615. The third kappa shape index (κ3) is 4.80. The van der Waals surface area contributed by atoms with Crippen molar-refractivity contribution < 1.29 is 8.42 Å². The molecule has 136 valence electrons. The molecule has 0 aliphatic rings. The Kier molecular flexibility index (Phi) is 5.81. The molecule has 0 radical (unpaired) electrons. The topological polar surface area (TPSA) is 114 Å². The molecule has 0 fully saturated rings. The van der Waals surface area contributed by atoms with E-state index in [0.717, 1.165) is 22.5 Å². The molecular formula is C16H24N6O2S. The second-order valence-electron chi connectivity index (χ2n) is 5.74. The number of nitrogens with two attached hydrogens (primary N) is 1. The Hall–Kier alpha value is -2.39. The summed E-state index contributed by atoms with van der Waals surface area (Å²) in [5, 5.41) is 15.9. The number of nitrogens with one attached hydrogen (secondary N) is 2. The molecule has 0 bridgehead atoms. The molecule has 1 aromatic carbocycles. The Morgan fingerprint density at radius 3 is 2.52 bits per heavy atom.